The van der Waals surface area contributed by atoms with Gasteiger partial charge in [0.2, 0.25) is 0 Å². The molecule has 0 bridgehead atoms. The third-order valence-electron chi connectivity index (χ3n) is 1.74. The summed E-state index contributed by atoms with van der Waals surface area (Å²) < 4.78 is 0. The molecule has 0 aromatic heterocycles. The van der Waals surface area contributed by atoms with E-state index in [1.807, 2.05) is 0 Å². The van der Waals surface area contributed by atoms with Crippen LogP contribution in [0.1, 0.15) is 45.4 Å². The first-order valence-electron chi connectivity index (χ1n) is 4.41. The first kappa shape index (κ1) is 10.8. The van der Waals surface area contributed by atoms with Gasteiger partial charge in [0.15, 0.2) is 0 Å². The van der Waals surface area contributed by atoms with Crippen LogP contribution in [0.4, 0.5) is 0 Å². The van der Waals surface area contributed by atoms with Crippen LogP contribution >= 0.6 is 11.6 Å². The van der Waals surface area contributed by atoms with Gasteiger partial charge in [-0.05, 0) is 6.42 Å². The first-order chi connectivity index (χ1) is 5.31. The molecule has 0 nitrogen and oxygen atoms in total. The van der Waals surface area contributed by atoms with Crippen LogP contribution in [0, 0.1) is 12.3 Å². The monoisotopic (exact) mass is 172 g/mol. The molecule has 0 N–H and O–H groups in total. The van der Waals surface area contributed by atoms with E-state index in [0.717, 1.165) is 6.42 Å². The topological polar surface area (TPSA) is 0 Å². The van der Waals surface area contributed by atoms with E-state index in [0.29, 0.717) is 0 Å². The summed E-state index contributed by atoms with van der Waals surface area (Å²) in [4.78, 5) is 0. The van der Waals surface area contributed by atoms with E-state index in [2.05, 4.69) is 12.8 Å². The lowest BCUT2D eigenvalue weighted by molar-refractivity contribution is 0.615. The van der Waals surface area contributed by atoms with E-state index in [1.165, 1.54) is 32.1 Å². The van der Waals surface area contributed by atoms with Gasteiger partial charge in [0, 0.05) is 0 Å². The van der Waals surface area contributed by atoms with Crippen molar-refractivity contribution in [1.82, 2.24) is 0 Å². The quantitative estimate of drug-likeness (QED) is 0.326. The fourth-order valence-corrected chi connectivity index (χ4v) is 1.16. The molecule has 11 heavy (non-hydrogen) atoms. The summed E-state index contributed by atoms with van der Waals surface area (Å²) in [5.41, 5.74) is 0. The Kier molecular flexibility index (Phi) is 7.84. The summed E-state index contributed by atoms with van der Waals surface area (Å²) in [6.45, 7) is 2.21. The second-order valence-corrected chi connectivity index (χ2v) is 3.36. The Morgan fingerprint density at radius 3 is 2.45 bits per heavy atom. The Morgan fingerprint density at radius 1 is 1.27 bits per heavy atom. The molecule has 0 saturated carbocycles. The Morgan fingerprint density at radius 2 is 1.91 bits per heavy atom. The lowest BCUT2D eigenvalue weighted by Gasteiger charge is -2.00. The lowest BCUT2D eigenvalue weighted by Crippen LogP contribution is -1.92. The van der Waals surface area contributed by atoms with E-state index in [9.17, 15) is 0 Å². The molecule has 0 aliphatic carbocycles. The van der Waals surface area contributed by atoms with Gasteiger partial charge in [-0.3, -0.25) is 0 Å². The van der Waals surface area contributed by atoms with Crippen molar-refractivity contribution in [2.75, 3.05) is 0 Å². The number of hydrogen-bond acceptors (Lipinski definition) is 0. The van der Waals surface area contributed by atoms with Crippen LogP contribution < -0.4 is 0 Å². The molecule has 0 aromatic carbocycles. The highest BCUT2D eigenvalue weighted by Gasteiger charge is 1.97. The van der Waals surface area contributed by atoms with Gasteiger partial charge in [0.05, 0.1) is 5.38 Å². The van der Waals surface area contributed by atoms with Crippen LogP contribution in [-0.4, -0.2) is 5.38 Å². The maximum atomic E-state index is 5.74. The van der Waals surface area contributed by atoms with Crippen LogP contribution in [-0.2, 0) is 0 Å². The van der Waals surface area contributed by atoms with Gasteiger partial charge in [0.25, 0.3) is 0 Å². The van der Waals surface area contributed by atoms with Crippen LogP contribution in [0.25, 0.3) is 0 Å². The summed E-state index contributed by atoms with van der Waals surface area (Å²) in [5, 5.41) is -0.0448. The number of hydrogen-bond donors (Lipinski definition) is 0. The summed E-state index contributed by atoms with van der Waals surface area (Å²) in [5.74, 6) is 2.52. The smallest absolute Gasteiger partial charge is 0.0940 e. The molecule has 1 unspecified atom stereocenters. The molecule has 0 saturated heterocycles. The third kappa shape index (κ3) is 7.75. The number of terminal acetylenes is 1. The van der Waals surface area contributed by atoms with Crippen LogP contribution in [0.5, 0.6) is 0 Å². The molecule has 64 valence electrons. The van der Waals surface area contributed by atoms with E-state index >= 15 is 0 Å². The molecule has 0 aromatic rings. The average molecular weight is 173 g/mol. The summed E-state index contributed by atoms with van der Waals surface area (Å²) in [7, 11) is 0. The predicted octanol–water partition coefficient (Wildman–Crippen LogP) is 3.59. The van der Waals surface area contributed by atoms with Crippen molar-refractivity contribution in [3.05, 3.63) is 0 Å². The highest BCUT2D eigenvalue weighted by Crippen LogP contribution is 2.09. The molecule has 0 fully saturated rings. The number of alkyl halides is 1. The van der Waals surface area contributed by atoms with Gasteiger partial charge in [-0.1, -0.05) is 44.9 Å². The molecule has 0 aliphatic rings. The van der Waals surface area contributed by atoms with Crippen molar-refractivity contribution >= 4 is 11.6 Å². The molecular weight excluding hydrogens is 156 g/mol. The van der Waals surface area contributed by atoms with E-state index in [1.54, 1.807) is 0 Å². The zero-order valence-electron chi connectivity index (χ0n) is 7.28. The highest BCUT2D eigenvalue weighted by atomic mass is 35.5. The van der Waals surface area contributed by atoms with Gasteiger partial charge in [-0.2, -0.15) is 0 Å². The van der Waals surface area contributed by atoms with Crippen molar-refractivity contribution in [2.45, 2.75) is 50.8 Å². The normalized spacial score (nSPS) is 12.5. The number of halogens is 1. The van der Waals surface area contributed by atoms with E-state index < -0.39 is 0 Å². The third-order valence-corrected chi connectivity index (χ3v) is 2.09. The fraction of sp³-hybridized carbons (Fsp3) is 0.800. The SMILES string of the molecule is C#CC(Cl)CCCCCCC. The maximum absolute atomic E-state index is 5.74. The Balaban J connectivity index is 2.97. The first-order valence-corrected chi connectivity index (χ1v) is 4.85. The molecule has 1 heteroatoms. The Bertz CT molecular complexity index is 113. The minimum Gasteiger partial charge on any atom is -0.119 e. The van der Waals surface area contributed by atoms with Gasteiger partial charge in [-0.15, -0.1) is 18.0 Å². The highest BCUT2D eigenvalue weighted by molar-refractivity contribution is 6.22. The standard InChI is InChI=1S/C10H17Cl/c1-3-5-6-7-8-9-10(11)4-2/h2,10H,3,5-9H2,1H3. The van der Waals surface area contributed by atoms with Gasteiger partial charge >= 0.3 is 0 Å². The Hall–Kier alpha value is -0.150. The van der Waals surface area contributed by atoms with E-state index in [4.69, 9.17) is 18.0 Å². The second kappa shape index (κ2) is 7.95. The largest absolute Gasteiger partial charge is 0.119 e. The average Bonchev–Trinajstić information content (AvgIpc) is 2.04. The molecule has 0 heterocycles. The van der Waals surface area contributed by atoms with Crippen LogP contribution in [0.2, 0.25) is 0 Å². The Labute approximate surface area is 75.3 Å². The maximum Gasteiger partial charge on any atom is 0.0940 e. The molecule has 1 atom stereocenters. The van der Waals surface area contributed by atoms with Crippen LogP contribution in [0.3, 0.4) is 0 Å². The van der Waals surface area contributed by atoms with Crippen molar-refractivity contribution < 1.29 is 0 Å². The zero-order chi connectivity index (χ0) is 8.53. The lowest BCUT2D eigenvalue weighted by atomic mass is 10.1. The summed E-state index contributed by atoms with van der Waals surface area (Å²) >= 11 is 5.74. The van der Waals surface area contributed by atoms with Crippen molar-refractivity contribution in [3.8, 4) is 12.3 Å². The van der Waals surface area contributed by atoms with Crippen molar-refractivity contribution in [2.24, 2.45) is 0 Å². The zero-order valence-corrected chi connectivity index (χ0v) is 8.03. The predicted molar refractivity (Wildman–Crippen MR) is 51.9 cm³/mol. The van der Waals surface area contributed by atoms with Crippen molar-refractivity contribution in [1.29, 1.82) is 0 Å². The van der Waals surface area contributed by atoms with Gasteiger partial charge < -0.3 is 0 Å². The second-order valence-electron chi connectivity index (χ2n) is 2.84. The number of unbranched alkanes of at least 4 members (excludes halogenated alkanes) is 4. The summed E-state index contributed by atoms with van der Waals surface area (Å²) in [6.07, 6.45) is 12.5. The summed E-state index contributed by atoms with van der Waals surface area (Å²) in [6, 6.07) is 0. The van der Waals surface area contributed by atoms with Gasteiger partial charge in [0.1, 0.15) is 0 Å². The van der Waals surface area contributed by atoms with Crippen molar-refractivity contribution in [3.63, 3.8) is 0 Å². The van der Waals surface area contributed by atoms with Gasteiger partial charge in [-0.25, -0.2) is 0 Å². The molecule has 0 radical (unpaired) electrons. The fourth-order valence-electron chi connectivity index (χ4n) is 1.01. The molecular formula is C10H17Cl. The van der Waals surface area contributed by atoms with Crippen LogP contribution in [0.15, 0.2) is 0 Å². The minimum atomic E-state index is -0.0448. The molecule has 0 aliphatic heterocycles. The minimum absolute atomic E-state index is 0.0448. The van der Waals surface area contributed by atoms with E-state index in [-0.39, 0.29) is 5.38 Å². The number of rotatable bonds is 6. The molecule has 0 rings (SSSR count). The molecule has 0 spiro atoms. The molecule has 0 amide bonds.